The van der Waals surface area contributed by atoms with Gasteiger partial charge in [-0.2, -0.15) is 10.5 Å². The number of rotatable bonds is 0. The van der Waals surface area contributed by atoms with E-state index in [1.54, 1.807) is 0 Å². The molecule has 2 aliphatic rings. The van der Waals surface area contributed by atoms with Gasteiger partial charge >= 0.3 is 0 Å². The van der Waals surface area contributed by atoms with E-state index in [1.807, 2.05) is 12.1 Å². The molecule has 2 atom stereocenters. The van der Waals surface area contributed by atoms with Gasteiger partial charge in [0.15, 0.2) is 5.78 Å². The molecule has 0 aliphatic heterocycles. The summed E-state index contributed by atoms with van der Waals surface area (Å²) in [4.78, 5) is 12.3. The molecule has 0 bridgehead atoms. The topological polar surface area (TPSA) is 64.7 Å². The number of hydrogen-bond donors (Lipinski definition) is 0. The van der Waals surface area contributed by atoms with Crippen LogP contribution in [0.2, 0.25) is 0 Å². The summed E-state index contributed by atoms with van der Waals surface area (Å²) in [6, 6.07) is 3.88. The lowest BCUT2D eigenvalue weighted by Gasteiger charge is -2.23. The highest BCUT2D eigenvalue weighted by molar-refractivity contribution is 6.00. The van der Waals surface area contributed by atoms with Crippen LogP contribution >= 0.6 is 0 Å². The first-order valence-electron chi connectivity index (χ1n) is 7.93. The Labute approximate surface area is 126 Å². The molecule has 0 saturated heterocycles. The monoisotopic (exact) mass is 282 g/mol. The van der Waals surface area contributed by atoms with Crippen LogP contribution in [0.15, 0.2) is 23.3 Å². The van der Waals surface area contributed by atoms with E-state index in [9.17, 15) is 4.79 Å². The second kappa shape index (κ2) is 7.23. The van der Waals surface area contributed by atoms with Crippen LogP contribution in [0.3, 0.4) is 0 Å². The lowest BCUT2D eigenvalue weighted by molar-refractivity contribution is -0.116. The highest BCUT2D eigenvalue weighted by Crippen LogP contribution is 2.40. The fourth-order valence-electron chi connectivity index (χ4n) is 3.68. The van der Waals surface area contributed by atoms with E-state index in [0.29, 0.717) is 35.8 Å². The molecule has 0 radical (unpaired) electrons. The second-order valence-corrected chi connectivity index (χ2v) is 6.25. The van der Waals surface area contributed by atoms with Gasteiger partial charge in [0, 0.05) is 12.0 Å². The Morgan fingerprint density at radius 3 is 2.05 bits per heavy atom. The summed E-state index contributed by atoms with van der Waals surface area (Å²) in [6.07, 6.45) is 9.55. The maximum absolute atomic E-state index is 12.3. The SMILES string of the molecule is C=C1C(=O)CC2CCCCCCCC2CC1=C(C#N)C#N. The van der Waals surface area contributed by atoms with Crippen LogP contribution in [0, 0.1) is 34.5 Å². The summed E-state index contributed by atoms with van der Waals surface area (Å²) < 4.78 is 0. The summed E-state index contributed by atoms with van der Waals surface area (Å²) in [6.45, 7) is 3.87. The van der Waals surface area contributed by atoms with Crippen LogP contribution in [-0.4, -0.2) is 5.78 Å². The van der Waals surface area contributed by atoms with Crippen molar-refractivity contribution in [3.63, 3.8) is 0 Å². The third-order valence-electron chi connectivity index (χ3n) is 4.96. The number of nitriles is 2. The van der Waals surface area contributed by atoms with E-state index >= 15 is 0 Å². The average Bonchev–Trinajstić information content (AvgIpc) is 2.56. The number of carbonyl (C=O) groups excluding carboxylic acids is 1. The van der Waals surface area contributed by atoms with E-state index in [-0.39, 0.29) is 11.4 Å². The minimum Gasteiger partial charge on any atom is -0.294 e. The van der Waals surface area contributed by atoms with Crippen LogP contribution < -0.4 is 0 Å². The fourth-order valence-corrected chi connectivity index (χ4v) is 3.68. The minimum atomic E-state index is 0.0275. The number of Topliss-reactive ketones (excluding diaryl/α,β-unsaturated/α-hetero) is 1. The molecule has 2 unspecified atom stereocenters. The Kier molecular flexibility index (Phi) is 5.34. The molecule has 0 aromatic carbocycles. The lowest BCUT2D eigenvalue weighted by Crippen LogP contribution is -2.15. The van der Waals surface area contributed by atoms with Crippen molar-refractivity contribution in [2.45, 2.75) is 57.8 Å². The first-order valence-corrected chi connectivity index (χ1v) is 7.93. The molecule has 110 valence electrons. The zero-order valence-corrected chi connectivity index (χ0v) is 12.5. The Balaban J connectivity index is 2.34. The van der Waals surface area contributed by atoms with Crippen LogP contribution in [0.4, 0.5) is 0 Å². The quantitative estimate of drug-likeness (QED) is 0.493. The van der Waals surface area contributed by atoms with Crippen LogP contribution in [-0.2, 0) is 4.79 Å². The third kappa shape index (κ3) is 3.61. The molecule has 3 heteroatoms. The Morgan fingerprint density at radius 1 is 0.952 bits per heavy atom. The summed E-state index contributed by atoms with van der Waals surface area (Å²) in [5.74, 6) is 0.834. The molecule has 0 heterocycles. The first kappa shape index (κ1) is 15.5. The minimum absolute atomic E-state index is 0.0275. The average molecular weight is 282 g/mol. The Morgan fingerprint density at radius 2 is 1.48 bits per heavy atom. The standard InChI is InChI=1S/C18H22N2O/c1-13-17(16(11-19)12-20)9-14-7-5-3-2-4-6-8-15(14)10-18(13)21/h14-15H,1-10H2. The summed E-state index contributed by atoms with van der Waals surface area (Å²) in [5.41, 5.74) is 1.09. The molecule has 0 spiro atoms. The zero-order chi connectivity index (χ0) is 15.2. The molecule has 2 saturated carbocycles. The van der Waals surface area contributed by atoms with Gasteiger partial charge in [-0.3, -0.25) is 4.79 Å². The number of carbonyl (C=O) groups is 1. The van der Waals surface area contributed by atoms with Crippen LogP contribution in [0.1, 0.15) is 57.8 Å². The van der Waals surface area contributed by atoms with E-state index in [0.717, 1.165) is 12.8 Å². The van der Waals surface area contributed by atoms with Crippen molar-refractivity contribution in [2.24, 2.45) is 11.8 Å². The molecule has 0 aromatic rings. The fraction of sp³-hybridized carbons (Fsp3) is 0.611. The maximum atomic E-state index is 12.3. The summed E-state index contributed by atoms with van der Waals surface area (Å²) in [7, 11) is 0. The number of allylic oxidation sites excluding steroid dienone is 3. The molecular formula is C18H22N2O. The van der Waals surface area contributed by atoms with Crippen molar-refractivity contribution in [3.05, 3.63) is 23.3 Å². The first-order chi connectivity index (χ1) is 10.2. The normalized spacial score (nSPS) is 27.2. The van der Waals surface area contributed by atoms with Gasteiger partial charge < -0.3 is 0 Å². The van der Waals surface area contributed by atoms with Crippen LogP contribution in [0.5, 0.6) is 0 Å². The molecule has 0 aromatic heterocycles. The number of nitrogens with zero attached hydrogens (tertiary/aromatic N) is 2. The third-order valence-corrected chi connectivity index (χ3v) is 4.96. The van der Waals surface area contributed by atoms with Crippen LogP contribution in [0.25, 0.3) is 0 Å². The molecular weight excluding hydrogens is 260 g/mol. The molecule has 2 aliphatic carbocycles. The van der Waals surface area contributed by atoms with Gasteiger partial charge in [0.1, 0.15) is 17.7 Å². The van der Waals surface area contributed by atoms with Gasteiger partial charge in [-0.1, -0.05) is 38.7 Å². The van der Waals surface area contributed by atoms with Crippen molar-refractivity contribution < 1.29 is 4.79 Å². The van der Waals surface area contributed by atoms with Gasteiger partial charge in [0.25, 0.3) is 0 Å². The zero-order valence-electron chi connectivity index (χ0n) is 12.5. The van der Waals surface area contributed by atoms with E-state index in [4.69, 9.17) is 10.5 Å². The number of hydrogen-bond acceptors (Lipinski definition) is 3. The van der Waals surface area contributed by atoms with Crippen molar-refractivity contribution in [2.75, 3.05) is 0 Å². The Hall–Kier alpha value is -1.87. The molecule has 2 rings (SSSR count). The van der Waals surface area contributed by atoms with Gasteiger partial charge in [-0.15, -0.1) is 0 Å². The van der Waals surface area contributed by atoms with Gasteiger partial charge in [-0.05, 0) is 36.7 Å². The number of fused-ring (bicyclic) bond motifs is 1. The van der Waals surface area contributed by atoms with E-state index in [2.05, 4.69) is 6.58 Å². The highest BCUT2D eigenvalue weighted by atomic mass is 16.1. The molecule has 0 amide bonds. The van der Waals surface area contributed by atoms with Gasteiger partial charge in [0.05, 0.1) is 0 Å². The van der Waals surface area contributed by atoms with Crippen molar-refractivity contribution in [1.29, 1.82) is 10.5 Å². The number of ketones is 1. The van der Waals surface area contributed by atoms with E-state index < -0.39 is 0 Å². The molecule has 3 nitrogen and oxygen atoms in total. The highest BCUT2D eigenvalue weighted by Gasteiger charge is 2.32. The van der Waals surface area contributed by atoms with Gasteiger partial charge in [-0.25, -0.2) is 0 Å². The smallest absolute Gasteiger partial charge is 0.162 e. The second-order valence-electron chi connectivity index (χ2n) is 6.25. The Bertz CT molecular complexity index is 529. The van der Waals surface area contributed by atoms with Crippen molar-refractivity contribution in [1.82, 2.24) is 0 Å². The summed E-state index contributed by atoms with van der Waals surface area (Å²) in [5, 5.41) is 18.3. The van der Waals surface area contributed by atoms with Crippen molar-refractivity contribution in [3.8, 4) is 12.1 Å². The largest absolute Gasteiger partial charge is 0.294 e. The lowest BCUT2D eigenvalue weighted by atomic mass is 9.81. The predicted octanol–water partition coefficient (Wildman–Crippen LogP) is 4.23. The molecule has 2 fully saturated rings. The maximum Gasteiger partial charge on any atom is 0.162 e. The molecule has 21 heavy (non-hydrogen) atoms. The predicted molar refractivity (Wildman–Crippen MR) is 80.9 cm³/mol. The van der Waals surface area contributed by atoms with Crippen molar-refractivity contribution >= 4 is 5.78 Å². The van der Waals surface area contributed by atoms with Gasteiger partial charge in [0.2, 0.25) is 0 Å². The summed E-state index contributed by atoms with van der Waals surface area (Å²) >= 11 is 0. The van der Waals surface area contributed by atoms with E-state index in [1.165, 1.54) is 32.1 Å². The molecule has 0 N–H and O–H groups in total.